The lowest BCUT2D eigenvalue weighted by atomic mass is 9.99. The number of nitrogens with zero attached hydrogens (tertiary/aromatic N) is 1. The van der Waals surface area contributed by atoms with E-state index < -0.39 is 0 Å². The highest BCUT2D eigenvalue weighted by Gasteiger charge is 2.31. The minimum absolute atomic E-state index is 0.769. The maximum Gasteiger partial charge on any atom is 0.0342 e. The van der Waals surface area contributed by atoms with Crippen molar-refractivity contribution in [3.63, 3.8) is 0 Å². The summed E-state index contributed by atoms with van der Waals surface area (Å²) in [4.78, 5) is 4.17. The summed E-state index contributed by atoms with van der Waals surface area (Å²) >= 11 is 0. The maximum atomic E-state index is 4.17. The summed E-state index contributed by atoms with van der Waals surface area (Å²) < 4.78 is 0. The van der Waals surface area contributed by atoms with Gasteiger partial charge in [0, 0.05) is 18.9 Å². The van der Waals surface area contributed by atoms with Crippen LogP contribution in [0, 0.1) is 11.8 Å². The van der Waals surface area contributed by atoms with E-state index in [9.17, 15) is 0 Å². The molecule has 2 atom stereocenters. The second-order valence-electron chi connectivity index (χ2n) is 4.22. The van der Waals surface area contributed by atoms with Crippen LogP contribution in [-0.2, 0) is 0 Å². The van der Waals surface area contributed by atoms with Gasteiger partial charge >= 0.3 is 0 Å². The number of hydrogen-bond acceptors (Lipinski definition) is 2. The van der Waals surface area contributed by atoms with E-state index in [4.69, 9.17) is 0 Å². The minimum atomic E-state index is 0.769. The Hall–Kier alpha value is -1.15. The molecule has 0 aromatic carbocycles. The third-order valence-corrected chi connectivity index (χ3v) is 3.32. The molecule has 1 aromatic heterocycles. The number of nitrogens with one attached hydrogen (secondary N) is 1. The highest BCUT2D eigenvalue weighted by Crippen LogP contribution is 2.37. The van der Waals surface area contributed by atoms with Crippen LogP contribution in [0.5, 0.6) is 0 Å². The fourth-order valence-corrected chi connectivity index (χ4v) is 2.55. The van der Waals surface area contributed by atoms with E-state index in [0.29, 0.717) is 0 Å². The molecule has 0 saturated carbocycles. The summed E-state index contributed by atoms with van der Waals surface area (Å²) in [7, 11) is 0. The van der Waals surface area contributed by atoms with Crippen LogP contribution < -0.4 is 5.32 Å². The van der Waals surface area contributed by atoms with Crippen LogP contribution in [0.15, 0.2) is 30.6 Å². The van der Waals surface area contributed by atoms with Crippen LogP contribution in [0.2, 0.25) is 0 Å². The van der Waals surface area contributed by atoms with Crippen LogP contribution in [0.3, 0.4) is 0 Å². The van der Waals surface area contributed by atoms with Gasteiger partial charge in [-0.3, -0.25) is 4.98 Å². The normalized spacial score (nSPS) is 30.1. The van der Waals surface area contributed by atoms with E-state index in [1.54, 1.807) is 0 Å². The summed E-state index contributed by atoms with van der Waals surface area (Å²) in [5.74, 6) is 1.61. The van der Waals surface area contributed by atoms with E-state index in [2.05, 4.69) is 22.4 Å². The zero-order chi connectivity index (χ0) is 9.38. The Balaban J connectivity index is 1.88. The molecule has 1 aliphatic carbocycles. The Morgan fingerprint density at radius 3 is 3.14 bits per heavy atom. The Morgan fingerprint density at radius 2 is 2.36 bits per heavy atom. The van der Waals surface area contributed by atoms with Crippen molar-refractivity contribution in [1.82, 2.24) is 10.3 Å². The van der Waals surface area contributed by atoms with E-state index >= 15 is 0 Å². The van der Waals surface area contributed by atoms with Crippen LogP contribution in [-0.4, -0.2) is 18.1 Å². The fourth-order valence-electron chi connectivity index (χ4n) is 2.55. The number of aromatic nitrogens is 1. The molecule has 0 bridgehead atoms. The van der Waals surface area contributed by atoms with Crippen LogP contribution in [0.25, 0.3) is 5.57 Å². The van der Waals surface area contributed by atoms with Crippen molar-refractivity contribution in [1.29, 1.82) is 0 Å². The molecular formula is C12H14N2. The predicted octanol–water partition coefficient (Wildman–Crippen LogP) is 1.70. The van der Waals surface area contributed by atoms with Crippen LogP contribution in [0.4, 0.5) is 0 Å². The molecule has 2 heterocycles. The Kier molecular flexibility index (Phi) is 1.88. The topological polar surface area (TPSA) is 24.9 Å². The van der Waals surface area contributed by atoms with Gasteiger partial charge < -0.3 is 5.32 Å². The molecule has 2 heteroatoms. The number of rotatable bonds is 1. The van der Waals surface area contributed by atoms with Gasteiger partial charge in [-0.05, 0) is 42.0 Å². The first-order valence-electron chi connectivity index (χ1n) is 5.25. The van der Waals surface area contributed by atoms with Crippen LogP contribution >= 0.6 is 0 Å². The molecule has 1 fully saturated rings. The third-order valence-electron chi connectivity index (χ3n) is 3.32. The summed E-state index contributed by atoms with van der Waals surface area (Å²) in [6, 6.07) is 4.18. The summed E-state index contributed by atoms with van der Waals surface area (Å²) in [6.07, 6.45) is 7.47. The maximum absolute atomic E-state index is 4.17. The van der Waals surface area contributed by atoms with Crippen molar-refractivity contribution in [3.8, 4) is 0 Å². The van der Waals surface area contributed by atoms with E-state index in [1.165, 1.54) is 24.1 Å². The molecular weight excluding hydrogens is 172 g/mol. The van der Waals surface area contributed by atoms with Gasteiger partial charge in [-0.15, -0.1) is 0 Å². The highest BCUT2D eigenvalue weighted by molar-refractivity contribution is 5.67. The van der Waals surface area contributed by atoms with Crippen molar-refractivity contribution in [2.45, 2.75) is 6.42 Å². The lowest BCUT2D eigenvalue weighted by Crippen LogP contribution is -2.09. The molecule has 0 spiro atoms. The lowest BCUT2D eigenvalue weighted by Gasteiger charge is -2.05. The smallest absolute Gasteiger partial charge is 0.0342 e. The lowest BCUT2D eigenvalue weighted by molar-refractivity contribution is 0.536. The van der Waals surface area contributed by atoms with E-state index in [0.717, 1.165) is 18.4 Å². The largest absolute Gasteiger partial charge is 0.316 e. The second kappa shape index (κ2) is 3.21. The first-order chi connectivity index (χ1) is 6.93. The third kappa shape index (κ3) is 1.26. The zero-order valence-electron chi connectivity index (χ0n) is 8.11. The standard InChI is InChI=1S/C12H14N2/c1-2-9(6-13-3-1)10-4-11-7-14-8-12(11)5-10/h1-4,6,11-12,14H,5,7-8H2/t11-,12+/m1/s1. The quantitative estimate of drug-likeness (QED) is 0.722. The molecule has 3 rings (SSSR count). The molecule has 2 aliphatic rings. The number of pyridine rings is 1. The summed E-state index contributed by atoms with van der Waals surface area (Å²) in [5, 5.41) is 3.44. The van der Waals surface area contributed by atoms with Crippen molar-refractivity contribution < 1.29 is 0 Å². The van der Waals surface area contributed by atoms with Crippen LogP contribution in [0.1, 0.15) is 12.0 Å². The summed E-state index contributed by atoms with van der Waals surface area (Å²) in [5.41, 5.74) is 2.80. The van der Waals surface area contributed by atoms with Gasteiger partial charge in [0.15, 0.2) is 0 Å². The van der Waals surface area contributed by atoms with Gasteiger partial charge in [-0.1, -0.05) is 12.1 Å². The second-order valence-corrected chi connectivity index (χ2v) is 4.22. The molecule has 72 valence electrons. The number of allylic oxidation sites excluding steroid dienone is 1. The Bertz CT molecular complexity index is 356. The number of hydrogen-bond donors (Lipinski definition) is 1. The molecule has 0 unspecified atom stereocenters. The van der Waals surface area contributed by atoms with Gasteiger partial charge in [-0.2, -0.15) is 0 Å². The zero-order valence-corrected chi connectivity index (χ0v) is 8.11. The monoisotopic (exact) mass is 186 g/mol. The molecule has 0 radical (unpaired) electrons. The molecule has 1 saturated heterocycles. The molecule has 1 aliphatic heterocycles. The molecule has 1 aromatic rings. The predicted molar refractivity (Wildman–Crippen MR) is 56.7 cm³/mol. The van der Waals surface area contributed by atoms with Crippen molar-refractivity contribution in [2.75, 3.05) is 13.1 Å². The average molecular weight is 186 g/mol. The first-order valence-corrected chi connectivity index (χ1v) is 5.25. The molecule has 2 nitrogen and oxygen atoms in total. The molecule has 1 N–H and O–H groups in total. The highest BCUT2D eigenvalue weighted by atomic mass is 14.9. The Labute approximate surface area is 84.1 Å². The van der Waals surface area contributed by atoms with Crippen molar-refractivity contribution >= 4 is 5.57 Å². The van der Waals surface area contributed by atoms with E-state index in [-0.39, 0.29) is 0 Å². The average Bonchev–Trinajstić information content (AvgIpc) is 2.78. The van der Waals surface area contributed by atoms with Gasteiger partial charge in [0.25, 0.3) is 0 Å². The van der Waals surface area contributed by atoms with Gasteiger partial charge in [-0.25, -0.2) is 0 Å². The Morgan fingerprint density at radius 1 is 1.36 bits per heavy atom. The van der Waals surface area contributed by atoms with Gasteiger partial charge in [0.1, 0.15) is 0 Å². The first kappa shape index (κ1) is 8.18. The van der Waals surface area contributed by atoms with Gasteiger partial charge in [0.2, 0.25) is 0 Å². The summed E-state index contributed by atoms with van der Waals surface area (Å²) in [6.45, 7) is 2.35. The SMILES string of the molecule is C1=C(c2cccnc2)C[C@H]2CNC[C@@H]12. The number of fused-ring (bicyclic) bond motifs is 1. The minimum Gasteiger partial charge on any atom is -0.316 e. The molecule has 0 amide bonds. The van der Waals surface area contributed by atoms with Gasteiger partial charge in [0.05, 0.1) is 0 Å². The molecule has 14 heavy (non-hydrogen) atoms. The van der Waals surface area contributed by atoms with Crippen molar-refractivity contribution in [3.05, 3.63) is 36.2 Å². The van der Waals surface area contributed by atoms with Crippen molar-refractivity contribution in [2.24, 2.45) is 11.8 Å². The fraction of sp³-hybridized carbons (Fsp3) is 0.417. The van der Waals surface area contributed by atoms with E-state index in [1.807, 2.05) is 18.5 Å².